The number of aryl methyl sites for hydroxylation is 2. The molecule has 0 aliphatic rings. The van der Waals surface area contributed by atoms with E-state index in [0.717, 1.165) is 29.5 Å². The Morgan fingerprint density at radius 2 is 1.82 bits per heavy atom. The van der Waals surface area contributed by atoms with Crippen LogP contribution in [0.5, 0.6) is 17.2 Å². The number of methoxy groups -OCH3 is 1. The van der Waals surface area contributed by atoms with Crippen LogP contribution in [0, 0.1) is 13.8 Å². The van der Waals surface area contributed by atoms with Crippen LogP contribution in [0.25, 0.3) is 0 Å². The first-order valence-corrected chi connectivity index (χ1v) is 9.35. The molecule has 0 aromatic heterocycles. The van der Waals surface area contributed by atoms with E-state index in [1.54, 1.807) is 13.3 Å². The third-order valence-electron chi connectivity index (χ3n) is 3.91. The molecule has 0 radical (unpaired) electrons. The first-order chi connectivity index (χ1) is 13.5. The van der Waals surface area contributed by atoms with Crippen molar-refractivity contribution in [2.24, 2.45) is 5.10 Å². The molecule has 0 bridgehead atoms. The summed E-state index contributed by atoms with van der Waals surface area (Å²) < 4.78 is 16.6. The molecular weight excluding hydrogens is 356 g/mol. The van der Waals surface area contributed by atoms with Crippen LogP contribution in [0.3, 0.4) is 0 Å². The Bertz CT molecular complexity index is 798. The summed E-state index contributed by atoms with van der Waals surface area (Å²) in [6, 6.07) is 11.3. The third kappa shape index (κ3) is 6.95. The second kappa shape index (κ2) is 11.0. The molecule has 6 heteroatoms. The average molecular weight is 384 g/mol. The number of carbonyl (C=O) groups excluding carboxylic acids is 1. The number of nitrogens with one attached hydrogen (secondary N) is 1. The summed E-state index contributed by atoms with van der Waals surface area (Å²) in [5.41, 5.74) is 5.42. The van der Waals surface area contributed by atoms with E-state index in [2.05, 4.69) is 17.5 Å². The number of hydrazone groups is 1. The van der Waals surface area contributed by atoms with Gasteiger partial charge in [0, 0.05) is 0 Å². The molecule has 0 heterocycles. The summed E-state index contributed by atoms with van der Waals surface area (Å²) in [7, 11) is 1.59. The van der Waals surface area contributed by atoms with Gasteiger partial charge in [0.15, 0.2) is 18.1 Å². The molecule has 0 unspecified atom stereocenters. The second-order valence-corrected chi connectivity index (χ2v) is 6.52. The van der Waals surface area contributed by atoms with Crippen LogP contribution in [0.15, 0.2) is 41.5 Å². The van der Waals surface area contributed by atoms with Gasteiger partial charge < -0.3 is 14.2 Å². The van der Waals surface area contributed by atoms with Gasteiger partial charge in [0.1, 0.15) is 5.75 Å². The fourth-order valence-electron chi connectivity index (χ4n) is 2.59. The third-order valence-corrected chi connectivity index (χ3v) is 3.91. The van der Waals surface area contributed by atoms with Gasteiger partial charge in [-0.25, -0.2) is 5.43 Å². The molecule has 2 rings (SSSR count). The lowest BCUT2D eigenvalue weighted by Crippen LogP contribution is -2.24. The van der Waals surface area contributed by atoms with Crippen LogP contribution < -0.4 is 19.6 Å². The van der Waals surface area contributed by atoms with Crippen LogP contribution in [-0.2, 0) is 4.79 Å². The molecule has 150 valence electrons. The van der Waals surface area contributed by atoms with Gasteiger partial charge in [-0.2, -0.15) is 5.10 Å². The van der Waals surface area contributed by atoms with E-state index in [1.165, 1.54) is 0 Å². The van der Waals surface area contributed by atoms with Crippen molar-refractivity contribution in [2.45, 2.75) is 33.6 Å². The Balaban J connectivity index is 1.86. The maximum absolute atomic E-state index is 11.9. The Kier molecular flexibility index (Phi) is 8.34. The van der Waals surface area contributed by atoms with E-state index in [9.17, 15) is 4.79 Å². The summed E-state index contributed by atoms with van der Waals surface area (Å²) in [5.74, 6) is 1.66. The van der Waals surface area contributed by atoms with Crippen molar-refractivity contribution < 1.29 is 19.0 Å². The molecule has 1 N–H and O–H groups in total. The number of hydrogen-bond donors (Lipinski definition) is 1. The van der Waals surface area contributed by atoms with E-state index >= 15 is 0 Å². The van der Waals surface area contributed by atoms with Crippen LogP contribution in [0.4, 0.5) is 0 Å². The van der Waals surface area contributed by atoms with Gasteiger partial charge in [0.2, 0.25) is 0 Å². The van der Waals surface area contributed by atoms with Crippen molar-refractivity contribution >= 4 is 12.1 Å². The molecule has 2 aromatic rings. The number of hydrogen-bond acceptors (Lipinski definition) is 5. The molecule has 0 saturated heterocycles. The van der Waals surface area contributed by atoms with Gasteiger partial charge in [-0.3, -0.25) is 4.79 Å². The highest BCUT2D eigenvalue weighted by Gasteiger charge is 2.06. The Labute approximate surface area is 166 Å². The van der Waals surface area contributed by atoms with Crippen molar-refractivity contribution in [1.29, 1.82) is 0 Å². The number of nitrogens with zero attached hydrogens (tertiary/aromatic N) is 1. The summed E-state index contributed by atoms with van der Waals surface area (Å²) in [6.07, 6.45) is 3.61. The van der Waals surface area contributed by atoms with Gasteiger partial charge in [-0.1, -0.05) is 19.4 Å². The van der Waals surface area contributed by atoms with Crippen LogP contribution in [0.2, 0.25) is 0 Å². The van der Waals surface area contributed by atoms with Gasteiger partial charge >= 0.3 is 0 Å². The Morgan fingerprint density at radius 3 is 2.50 bits per heavy atom. The number of amides is 1. The lowest BCUT2D eigenvalue weighted by molar-refractivity contribution is -0.123. The summed E-state index contributed by atoms with van der Waals surface area (Å²) in [6.45, 7) is 6.63. The normalized spacial score (nSPS) is 10.7. The zero-order chi connectivity index (χ0) is 20.4. The molecule has 0 spiro atoms. The van der Waals surface area contributed by atoms with Crippen molar-refractivity contribution in [3.63, 3.8) is 0 Å². The molecule has 0 aliphatic carbocycles. The largest absolute Gasteiger partial charge is 0.493 e. The second-order valence-electron chi connectivity index (χ2n) is 6.52. The van der Waals surface area contributed by atoms with E-state index in [1.807, 2.05) is 50.2 Å². The summed E-state index contributed by atoms with van der Waals surface area (Å²) >= 11 is 0. The van der Waals surface area contributed by atoms with Crippen molar-refractivity contribution in [2.75, 3.05) is 20.3 Å². The fraction of sp³-hybridized carbons (Fsp3) is 0.364. The summed E-state index contributed by atoms with van der Waals surface area (Å²) in [5, 5.41) is 3.97. The highest BCUT2D eigenvalue weighted by Crippen LogP contribution is 2.27. The van der Waals surface area contributed by atoms with Gasteiger partial charge in [-0.05, 0) is 67.3 Å². The first-order valence-electron chi connectivity index (χ1n) is 9.35. The monoisotopic (exact) mass is 384 g/mol. The van der Waals surface area contributed by atoms with Crippen LogP contribution in [0.1, 0.15) is 36.5 Å². The van der Waals surface area contributed by atoms with Crippen LogP contribution >= 0.6 is 0 Å². The standard InChI is InChI=1S/C22H28N2O4/c1-5-6-9-27-20-8-7-18(13-21(20)26-4)14-23-24-22(25)15-28-19-11-16(2)10-17(3)12-19/h7-8,10-14H,5-6,9,15H2,1-4H3,(H,24,25)/b23-14+. The van der Waals surface area contributed by atoms with Gasteiger partial charge in [0.25, 0.3) is 5.91 Å². The molecule has 6 nitrogen and oxygen atoms in total. The molecule has 0 saturated carbocycles. The first kappa shape index (κ1) is 21.3. The highest BCUT2D eigenvalue weighted by molar-refractivity contribution is 5.83. The number of ether oxygens (including phenoxy) is 3. The molecule has 0 fully saturated rings. The summed E-state index contributed by atoms with van der Waals surface area (Å²) in [4.78, 5) is 11.9. The van der Waals surface area contributed by atoms with E-state index in [-0.39, 0.29) is 12.5 Å². The molecule has 28 heavy (non-hydrogen) atoms. The van der Waals surface area contributed by atoms with Crippen molar-refractivity contribution in [3.05, 3.63) is 53.1 Å². The predicted octanol–water partition coefficient (Wildman–Crippen LogP) is 4.02. The predicted molar refractivity (Wildman–Crippen MR) is 111 cm³/mol. The Morgan fingerprint density at radius 1 is 1.07 bits per heavy atom. The zero-order valence-corrected chi connectivity index (χ0v) is 17.0. The highest BCUT2D eigenvalue weighted by atomic mass is 16.5. The fourth-order valence-corrected chi connectivity index (χ4v) is 2.59. The molecule has 2 aromatic carbocycles. The van der Waals surface area contributed by atoms with Crippen molar-refractivity contribution in [1.82, 2.24) is 5.43 Å². The van der Waals surface area contributed by atoms with E-state index in [0.29, 0.717) is 23.9 Å². The molecule has 1 amide bonds. The minimum absolute atomic E-state index is 0.103. The van der Waals surface area contributed by atoms with Gasteiger partial charge in [-0.15, -0.1) is 0 Å². The van der Waals surface area contributed by atoms with Crippen molar-refractivity contribution in [3.8, 4) is 17.2 Å². The number of rotatable bonds is 10. The topological polar surface area (TPSA) is 69.2 Å². The van der Waals surface area contributed by atoms with E-state index < -0.39 is 0 Å². The Hall–Kier alpha value is -3.02. The van der Waals surface area contributed by atoms with Crippen LogP contribution in [-0.4, -0.2) is 32.4 Å². The lowest BCUT2D eigenvalue weighted by atomic mass is 10.1. The van der Waals surface area contributed by atoms with Gasteiger partial charge in [0.05, 0.1) is 19.9 Å². The van der Waals surface area contributed by atoms with E-state index in [4.69, 9.17) is 14.2 Å². The molecule has 0 aliphatic heterocycles. The maximum atomic E-state index is 11.9. The number of benzene rings is 2. The minimum atomic E-state index is -0.332. The smallest absolute Gasteiger partial charge is 0.277 e. The number of unbranched alkanes of at least 4 members (excludes halogenated alkanes) is 1. The quantitative estimate of drug-likeness (QED) is 0.382. The molecule has 0 atom stereocenters. The SMILES string of the molecule is CCCCOc1ccc(/C=N/NC(=O)COc2cc(C)cc(C)c2)cc1OC. The average Bonchev–Trinajstić information content (AvgIpc) is 2.66. The maximum Gasteiger partial charge on any atom is 0.277 e. The lowest BCUT2D eigenvalue weighted by Gasteiger charge is -2.10. The minimum Gasteiger partial charge on any atom is -0.493 e. The number of carbonyl (C=O) groups is 1. The zero-order valence-electron chi connectivity index (χ0n) is 17.0. The molecular formula is C22H28N2O4.